The number of aryl methyl sites for hydroxylation is 2. The standard InChI is InChI=1S/C22H26N8/c1-3-5-9-19-24-20(7-4-2)30(27-19)15-16-10-12-17(13-11-16)18-8-6-14-23-21(18)22-25-28-29-26-22/h6,8,10-14H,3-5,7,9,15H2,1-2H3,(H,25,26,28,29). The van der Waals surface area contributed by atoms with Gasteiger partial charge in [-0.2, -0.15) is 10.3 Å². The minimum Gasteiger partial charge on any atom is -0.252 e. The summed E-state index contributed by atoms with van der Waals surface area (Å²) in [6.07, 6.45) is 6.96. The number of aromatic amines is 1. The molecule has 0 amide bonds. The number of H-pyrrole nitrogens is 1. The summed E-state index contributed by atoms with van der Waals surface area (Å²) in [6.45, 7) is 5.09. The Kier molecular flexibility index (Phi) is 6.22. The molecule has 8 nitrogen and oxygen atoms in total. The van der Waals surface area contributed by atoms with E-state index in [2.05, 4.69) is 68.4 Å². The number of aromatic nitrogens is 8. The fraction of sp³-hybridized carbons (Fsp3) is 0.364. The molecule has 0 saturated carbocycles. The van der Waals surface area contributed by atoms with Gasteiger partial charge < -0.3 is 0 Å². The average Bonchev–Trinajstić information content (AvgIpc) is 3.44. The predicted octanol–water partition coefficient (Wildman–Crippen LogP) is 3.86. The SMILES string of the molecule is CCCCc1nc(CCC)n(Cc2ccc(-c3cccnc3-c3nn[nH]n3)cc2)n1. The van der Waals surface area contributed by atoms with Crippen LogP contribution in [0.1, 0.15) is 50.3 Å². The van der Waals surface area contributed by atoms with Crippen LogP contribution in [-0.2, 0) is 19.4 Å². The fourth-order valence-electron chi connectivity index (χ4n) is 3.44. The van der Waals surface area contributed by atoms with Crippen LogP contribution in [-0.4, -0.2) is 40.4 Å². The first-order valence-electron chi connectivity index (χ1n) is 10.5. The third-order valence-electron chi connectivity index (χ3n) is 4.98. The topological polar surface area (TPSA) is 98.1 Å². The van der Waals surface area contributed by atoms with Crippen LogP contribution in [0.2, 0.25) is 0 Å². The van der Waals surface area contributed by atoms with Gasteiger partial charge >= 0.3 is 0 Å². The lowest BCUT2D eigenvalue weighted by Crippen LogP contribution is -2.07. The summed E-state index contributed by atoms with van der Waals surface area (Å²) < 4.78 is 2.05. The molecule has 3 aromatic heterocycles. The quantitative estimate of drug-likeness (QED) is 0.456. The molecule has 0 aliphatic carbocycles. The minimum absolute atomic E-state index is 0.487. The third kappa shape index (κ3) is 4.42. The van der Waals surface area contributed by atoms with Crippen LogP contribution < -0.4 is 0 Å². The van der Waals surface area contributed by atoms with E-state index in [0.717, 1.165) is 61.4 Å². The summed E-state index contributed by atoms with van der Waals surface area (Å²) in [7, 11) is 0. The number of nitrogens with one attached hydrogen (secondary N) is 1. The van der Waals surface area contributed by atoms with Crippen molar-refractivity contribution in [1.82, 2.24) is 40.4 Å². The zero-order valence-corrected chi connectivity index (χ0v) is 17.4. The first-order valence-corrected chi connectivity index (χ1v) is 10.5. The van der Waals surface area contributed by atoms with Gasteiger partial charge in [-0.05, 0) is 35.2 Å². The van der Waals surface area contributed by atoms with E-state index in [9.17, 15) is 0 Å². The van der Waals surface area contributed by atoms with Crippen LogP contribution in [0.5, 0.6) is 0 Å². The van der Waals surface area contributed by atoms with Gasteiger partial charge in [-0.3, -0.25) is 4.98 Å². The minimum atomic E-state index is 0.487. The summed E-state index contributed by atoms with van der Waals surface area (Å²) >= 11 is 0. The van der Waals surface area contributed by atoms with E-state index in [1.54, 1.807) is 6.20 Å². The summed E-state index contributed by atoms with van der Waals surface area (Å²) in [5, 5.41) is 19.0. The number of nitrogens with zero attached hydrogens (tertiary/aromatic N) is 7. The molecule has 0 unspecified atom stereocenters. The monoisotopic (exact) mass is 402 g/mol. The highest BCUT2D eigenvalue weighted by atomic mass is 15.5. The van der Waals surface area contributed by atoms with E-state index in [-0.39, 0.29) is 0 Å². The maximum atomic E-state index is 4.76. The van der Waals surface area contributed by atoms with Crippen LogP contribution in [0, 0.1) is 0 Å². The molecule has 0 spiro atoms. The molecule has 0 fully saturated rings. The lowest BCUT2D eigenvalue weighted by Gasteiger charge is -2.08. The number of pyridine rings is 1. The van der Waals surface area contributed by atoms with Crippen LogP contribution in [0.25, 0.3) is 22.6 Å². The second-order valence-corrected chi connectivity index (χ2v) is 7.29. The lowest BCUT2D eigenvalue weighted by molar-refractivity contribution is 0.621. The van der Waals surface area contributed by atoms with Crippen LogP contribution in [0.3, 0.4) is 0 Å². The molecule has 0 atom stereocenters. The fourth-order valence-corrected chi connectivity index (χ4v) is 3.44. The van der Waals surface area contributed by atoms with Gasteiger partial charge in [0, 0.05) is 24.6 Å². The molecule has 0 radical (unpaired) electrons. The van der Waals surface area contributed by atoms with Crippen molar-refractivity contribution in [2.75, 3.05) is 0 Å². The van der Waals surface area contributed by atoms with Crippen molar-refractivity contribution < 1.29 is 0 Å². The van der Waals surface area contributed by atoms with Crippen LogP contribution >= 0.6 is 0 Å². The van der Waals surface area contributed by atoms with E-state index in [0.29, 0.717) is 11.5 Å². The van der Waals surface area contributed by atoms with Gasteiger partial charge in [-0.25, -0.2) is 9.67 Å². The van der Waals surface area contributed by atoms with E-state index < -0.39 is 0 Å². The normalized spacial score (nSPS) is 11.1. The van der Waals surface area contributed by atoms with Crippen molar-refractivity contribution in [3.63, 3.8) is 0 Å². The summed E-state index contributed by atoms with van der Waals surface area (Å²) in [5.74, 6) is 2.51. The number of rotatable bonds is 9. The Morgan fingerprint density at radius 1 is 1.00 bits per heavy atom. The highest BCUT2D eigenvalue weighted by Gasteiger charge is 2.13. The van der Waals surface area contributed by atoms with E-state index in [4.69, 9.17) is 10.1 Å². The molecular weight excluding hydrogens is 376 g/mol. The Labute approximate surface area is 175 Å². The van der Waals surface area contributed by atoms with E-state index in [1.807, 2.05) is 12.1 Å². The van der Waals surface area contributed by atoms with Gasteiger partial charge in [0.2, 0.25) is 5.82 Å². The first-order chi connectivity index (χ1) is 14.8. The number of unbranched alkanes of at least 4 members (excludes halogenated alkanes) is 1. The first kappa shape index (κ1) is 19.9. The molecule has 1 aromatic carbocycles. The van der Waals surface area contributed by atoms with Crippen molar-refractivity contribution in [2.45, 2.75) is 52.5 Å². The van der Waals surface area contributed by atoms with Crippen molar-refractivity contribution in [3.8, 4) is 22.6 Å². The molecule has 8 heteroatoms. The smallest absolute Gasteiger partial charge is 0.223 e. The zero-order chi connectivity index (χ0) is 20.8. The van der Waals surface area contributed by atoms with Gasteiger partial charge in [0.05, 0.1) is 6.54 Å². The second-order valence-electron chi connectivity index (χ2n) is 7.29. The maximum Gasteiger partial charge on any atom is 0.223 e. The third-order valence-corrected chi connectivity index (χ3v) is 4.98. The molecule has 30 heavy (non-hydrogen) atoms. The number of hydrogen-bond acceptors (Lipinski definition) is 6. The number of benzene rings is 1. The van der Waals surface area contributed by atoms with Gasteiger partial charge in [-0.15, -0.1) is 10.2 Å². The molecule has 0 saturated heterocycles. The van der Waals surface area contributed by atoms with Crippen molar-refractivity contribution in [3.05, 3.63) is 59.8 Å². The Hall–Kier alpha value is -3.42. The summed E-state index contributed by atoms with van der Waals surface area (Å²) in [4.78, 5) is 9.20. The Bertz CT molecular complexity index is 1070. The highest BCUT2D eigenvalue weighted by molar-refractivity contribution is 5.77. The van der Waals surface area contributed by atoms with Gasteiger partial charge in [-0.1, -0.05) is 50.6 Å². The largest absolute Gasteiger partial charge is 0.252 e. The molecular formula is C22H26N8. The zero-order valence-electron chi connectivity index (χ0n) is 17.4. The van der Waals surface area contributed by atoms with Crippen molar-refractivity contribution in [2.24, 2.45) is 0 Å². The van der Waals surface area contributed by atoms with E-state index in [1.165, 1.54) is 5.56 Å². The lowest BCUT2D eigenvalue weighted by atomic mass is 10.0. The Morgan fingerprint density at radius 3 is 2.60 bits per heavy atom. The molecule has 3 heterocycles. The highest BCUT2D eigenvalue weighted by Crippen LogP contribution is 2.28. The Morgan fingerprint density at radius 2 is 1.87 bits per heavy atom. The molecule has 0 aliphatic heterocycles. The molecule has 0 aliphatic rings. The predicted molar refractivity (Wildman–Crippen MR) is 115 cm³/mol. The second kappa shape index (κ2) is 9.39. The molecule has 0 bridgehead atoms. The average molecular weight is 403 g/mol. The van der Waals surface area contributed by atoms with Gasteiger partial charge in [0.1, 0.15) is 11.5 Å². The van der Waals surface area contributed by atoms with Crippen LogP contribution in [0.15, 0.2) is 42.6 Å². The Balaban J connectivity index is 1.56. The molecule has 154 valence electrons. The molecule has 1 N–H and O–H groups in total. The van der Waals surface area contributed by atoms with Crippen molar-refractivity contribution >= 4 is 0 Å². The maximum absolute atomic E-state index is 4.76. The summed E-state index contributed by atoms with van der Waals surface area (Å²) in [5.41, 5.74) is 3.93. The molecule has 4 aromatic rings. The summed E-state index contributed by atoms with van der Waals surface area (Å²) in [6, 6.07) is 12.4. The van der Waals surface area contributed by atoms with Gasteiger partial charge in [0.25, 0.3) is 0 Å². The van der Waals surface area contributed by atoms with Crippen molar-refractivity contribution in [1.29, 1.82) is 0 Å². The van der Waals surface area contributed by atoms with Crippen LogP contribution in [0.4, 0.5) is 0 Å². The molecule has 4 rings (SSSR count). The number of tetrazole rings is 1. The number of hydrogen-bond donors (Lipinski definition) is 1. The van der Waals surface area contributed by atoms with E-state index >= 15 is 0 Å². The van der Waals surface area contributed by atoms with Gasteiger partial charge in [0.15, 0.2) is 5.82 Å².